The van der Waals surface area contributed by atoms with Crippen molar-refractivity contribution in [1.82, 2.24) is 14.9 Å². The second kappa shape index (κ2) is 7.69. The van der Waals surface area contributed by atoms with Gasteiger partial charge in [-0.15, -0.1) is 0 Å². The van der Waals surface area contributed by atoms with Crippen LogP contribution in [0, 0.1) is 4.77 Å². The number of rotatable bonds is 5. The molecule has 0 aliphatic heterocycles. The van der Waals surface area contributed by atoms with Crippen LogP contribution in [0.2, 0.25) is 0 Å². The Balaban J connectivity index is 2.58. The Morgan fingerprint density at radius 1 is 1.12 bits per heavy atom. The second-order valence-electron chi connectivity index (χ2n) is 6.44. The number of ether oxygens (including phenoxy) is 3. The first-order valence-corrected chi connectivity index (χ1v) is 8.20. The van der Waals surface area contributed by atoms with E-state index < -0.39 is 5.41 Å². The molecule has 0 radical (unpaired) electrons. The van der Waals surface area contributed by atoms with Gasteiger partial charge in [0.1, 0.15) is 11.4 Å². The molecule has 0 saturated carbocycles. The van der Waals surface area contributed by atoms with Gasteiger partial charge in [-0.2, -0.15) is 14.9 Å². The van der Waals surface area contributed by atoms with E-state index in [-0.39, 0.29) is 10.3 Å². The summed E-state index contributed by atoms with van der Waals surface area (Å²) in [6.45, 7) is 5.66. The molecule has 0 aliphatic rings. The van der Waals surface area contributed by atoms with Crippen LogP contribution in [0.15, 0.2) is 22.0 Å². The number of aromatic amines is 1. The predicted octanol–water partition coefficient (Wildman–Crippen LogP) is 2.51. The fourth-order valence-electron chi connectivity index (χ4n) is 2.26. The van der Waals surface area contributed by atoms with Gasteiger partial charge in [0.05, 0.1) is 27.5 Å². The van der Waals surface area contributed by atoms with E-state index in [0.29, 0.717) is 28.5 Å². The van der Waals surface area contributed by atoms with Crippen molar-refractivity contribution in [3.05, 3.63) is 38.5 Å². The number of hydrogen-bond acceptors (Lipinski definition) is 7. The summed E-state index contributed by atoms with van der Waals surface area (Å²) in [5, 5.41) is 10.9. The molecule has 0 atom stereocenters. The molecule has 8 nitrogen and oxygen atoms in total. The number of hydrogen-bond donors (Lipinski definition) is 1. The van der Waals surface area contributed by atoms with Gasteiger partial charge in [-0.05, 0) is 18.3 Å². The topological polar surface area (TPSA) is 90.7 Å². The highest BCUT2D eigenvalue weighted by Gasteiger charge is 2.21. The number of nitrogens with zero attached hydrogens (tertiary/aromatic N) is 3. The van der Waals surface area contributed by atoms with Crippen LogP contribution in [0.25, 0.3) is 0 Å². The molecule has 9 heteroatoms. The number of aromatic nitrogens is 3. The minimum atomic E-state index is -0.449. The maximum absolute atomic E-state index is 12.7. The first-order valence-electron chi connectivity index (χ1n) is 7.79. The summed E-state index contributed by atoms with van der Waals surface area (Å²) in [6, 6.07) is 3.38. The highest BCUT2D eigenvalue weighted by Crippen LogP contribution is 2.33. The van der Waals surface area contributed by atoms with Gasteiger partial charge in [-0.1, -0.05) is 20.8 Å². The number of benzene rings is 1. The normalized spacial score (nSPS) is 11.6. The number of methoxy groups -OCH3 is 3. The molecule has 1 aromatic heterocycles. The van der Waals surface area contributed by atoms with E-state index >= 15 is 0 Å². The van der Waals surface area contributed by atoms with Crippen LogP contribution in [0.4, 0.5) is 0 Å². The Morgan fingerprint density at radius 3 is 2.23 bits per heavy atom. The quantitative estimate of drug-likeness (QED) is 0.635. The molecule has 1 aromatic carbocycles. The summed E-state index contributed by atoms with van der Waals surface area (Å²) in [5.74, 6) is 1.55. The smallest absolute Gasteiger partial charge is 0.297 e. The first kappa shape index (κ1) is 19.6. The zero-order chi connectivity index (χ0) is 19.5. The summed E-state index contributed by atoms with van der Waals surface area (Å²) >= 11 is 5.14. The van der Waals surface area contributed by atoms with Gasteiger partial charge in [-0.3, -0.25) is 9.89 Å². The first-order chi connectivity index (χ1) is 12.2. The van der Waals surface area contributed by atoms with Crippen LogP contribution in [-0.2, 0) is 5.41 Å². The summed E-state index contributed by atoms with van der Waals surface area (Å²) in [6.07, 6.45) is 1.47. The summed E-state index contributed by atoms with van der Waals surface area (Å²) in [7, 11) is 4.60. The van der Waals surface area contributed by atoms with Crippen molar-refractivity contribution in [3.63, 3.8) is 0 Å². The summed E-state index contributed by atoms with van der Waals surface area (Å²) < 4.78 is 17.1. The molecular weight excluding hydrogens is 356 g/mol. The minimum absolute atomic E-state index is 0.0960. The standard InChI is InChI=1S/C17H22N4O4S/c1-17(2,3)14-15(22)21(16(26)20-19-14)18-9-10-7-12(24-5)13(25-6)8-11(10)23-4/h7-9H,1-6H3,(H,20,26)/b18-9-. The third-order valence-electron chi connectivity index (χ3n) is 3.61. The van der Waals surface area contributed by atoms with E-state index in [1.54, 1.807) is 12.1 Å². The van der Waals surface area contributed by atoms with Gasteiger partial charge in [-0.25, -0.2) is 0 Å². The van der Waals surface area contributed by atoms with Crippen LogP contribution < -0.4 is 19.8 Å². The molecule has 26 heavy (non-hydrogen) atoms. The van der Waals surface area contributed by atoms with Crippen molar-refractivity contribution in [2.45, 2.75) is 26.2 Å². The maximum atomic E-state index is 12.7. The lowest BCUT2D eigenvalue weighted by molar-refractivity contribution is 0.349. The SMILES string of the molecule is COc1cc(OC)c(OC)cc1/C=N\n1c(=S)[nH]nc(C(C)(C)C)c1=O. The van der Waals surface area contributed by atoms with Crippen LogP contribution in [0.5, 0.6) is 17.2 Å². The Labute approximate surface area is 156 Å². The Kier molecular flexibility index (Phi) is 5.81. The average molecular weight is 378 g/mol. The van der Waals surface area contributed by atoms with Crippen molar-refractivity contribution in [3.8, 4) is 17.2 Å². The molecule has 0 unspecified atom stereocenters. The van der Waals surface area contributed by atoms with Gasteiger partial charge in [0.2, 0.25) is 4.77 Å². The highest BCUT2D eigenvalue weighted by atomic mass is 32.1. The van der Waals surface area contributed by atoms with E-state index in [1.807, 2.05) is 20.8 Å². The molecule has 0 fully saturated rings. The Hall–Kier alpha value is -2.68. The zero-order valence-electron chi connectivity index (χ0n) is 15.6. The van der Waals surface area contributed by atoms with Crippen LogP contribution in [-0.4, -0.2) is 42.4 Å². The molecule has 0 saturated heterocycles. The molecule has 0 spiro atoms. The van der Waals surface area contributed by atoms with Crippen LogP contribution in [0.3, 0.4) is 0 Å². The third-order valence-corrected chi connectivity index (χ3v) is 3.87. The van der Waals surface area contributed by atoms with Gasteiger partial charge in [0.25, 0.3) is 5.56 Å². The second-order valence-corrected chi connectivity index (χ2v) is 6.82. The average Bonchev–Trinajstić information content (AvgIpc) is 2.59. The minimum Gasteiger partial charge on any atom is -0.496 e. The number of nitrogens with one attached hydrogen (secondary N) is 1. The van der Waals surface area contributed by atoms with E-state index in [1.165, 1.54) is 27.5 Å². The summed E-state index contributed by atoms with van der Waals surface area (Å²) in [5.41, 5.74) is 0.106. The number of H-pyrrole nitrogens is 1. The van der Waals surface area contributed by atoms with Gasteiger partial charge >= 0.3 is 0 Å². The van der Waals surface area contributed by atoms with E-state index in [9.17, 15) is 4.79 Å². The fraction of sp³-hybridized carbons (Fsp3) is 0.412. The monoisotopic (exact) mass is 378 g/mol. The molecule has 0 amide bonds. The highest BCUT2D eigenvalue weighted by molar-refractivity contribution is 7.71. The largest absolute Gasteiger partial charge is 0.496 e. The van der Waals surface area contributed by atoms with Crippen molar-refractivity contribution >= 4 is 18.4 Å². The molecule has 140 valence electrons. The molecule has 0 bridgehead atoms. The molecule has 1 N–H and O–H groups in total. The van der Waals surface area contributed by atoms with E-state index in [2.05, 4.69) is 15.3 Å². The maximum Gasteiger partial charge on any atom is 0.297 e. The van der Waals surface area contributed by atoms with Gasteiger partial charge in [0, 0.05) is 17.0 Å². The molecule has 2 rings (SSSR count). The van der Waals surface area contributed by atoms with Crippen molar-refractivity contribution in [2.24, 2.45) is 5.10 Å². The molecule has 2 aromatic rings. The Bertz CT molecular complexity index is 941. The third kappa shape index (κ3) is 3.93. The molecule has 0 aliphatic carbocycles. The lowest BCUT2D eigenvalue weighted by Gasteiger charge is -2.16. The Morgan fingerprint density at radius 2 is 1.69 bits per heavy atom. The fourth-order valence-corrected chi connectivity index (χ4v) is 2.43. The van der Waals surface area contributed by atoms with E-state index in [4.69, 9.17) is 26.4 Å². The van der Waals surface area contributed by atoms with Crippen LogP contribution >= 0.6 is 12.2 Å². The molecule has 1 heterocycles. The lowest BCUT2D eigenvalue weighted by Crippen LogP contribution is -2.32. The van der Waals surface area contributed by atoms with E-state index in [0.717, 1.165) is 4.68 Å². The van der Waals surface area contributed by atoms with Gasteiger partial charge < -0.3 is 14.2 Å². The van der Waals surface area contributed by atoms with Gasteiger partial charge in [0.15, 0.2) is 11.5 Å². The van der Waals surface area contributed by atoms with Crippen molar-refractivity contribution in [2.75, 3.05) is 21.3 Å². The van der Waals surface area contributed by atoms with Crippen LogP contribution in [0.1, 0.15) is 32.0 Å². The summed E-state index contributed by atoms with van der Waals surface area (Å²) in [4.78, 5) is 12.7. The van der Waals surface area contributed by atoms with Crippen molar-refractivity contribution in [1.29, 1.82) is 0 Å². The predicted molar refractivity (Wildman–Crippen MR) is 101 cm³/mol. The van der Waals surface area contributed by atoms with Crippen molar-refractivity contribution < 1.29 is 14.2 Å². The lowest BCUT2D eigenvalue weighted by atomic mass is 9.93. The molecular formula is C17H22N4O4S. The zero-order valence-corrected chi connectivity index (χ0v) is 16.4.